The van der Waals surface area contributed by atoms with Crippen molar-refractivity contribution in [2.75, 3.05) is 11.9 Å². The van der Waals surface area contributed by atoms with Gasteiger partial charge in [-0.2, -0.15) is 0 Å². The Morgan fingerprint density at radius 3 is 2.58 bits per heavy atom. The van der Waals surface area contributed by atoms with Gasteiger partial charge in [0, 0.05) is 0 Å². The van der Waals surface area contributed by atoms with E-state index in [1.54, 1.807) is 26.0 Å². The second kappa shape index (κ2) is 7.20. The number of esters is 1. The Morgan fingerprint density at radius 2 is 1.96 bits per heavy atom. The first-order valence-electron chi connectivity index (χ1n) is 7.65. The number of aromatic nitrogens is 2. The van der Waals surface area contributed by atoms with Crippen LogP contribution < -0.4 is 9.67 Å². The van der Waals surface area contributed by atoms with Crippen molar-refractivity contribution in [1.29, 1.82) is 0 Å². The number of carbonyl (C=O) groups excluding carboxylic acids is 1. The van der Waals surface area contributed by atoms with Gasteiger partial charge in [-0.25, -0.2) is 0 Å². The van der Waals surface area contributed by atoms with Crippen LogP contribution in [0.25, 0.3) is 10.2 Å². The summed E-state index contributed by atoms with van der Waals surface area (Å²) in [4.78, 5) is 21.7. The number of anilines is 2. The fourth-order valence-electron chi connectivity index (χ4n) is 2.43. The van der Waals surface area contributed by atoms with Gasteiger partial charge in [0.15, 0.2) is 0 Å². The van der Waals surface area contributed by atoms with E-state index in [2.05, 4.69) is 15.3 Å². The van der Waals surface area contributed by atoms with Gasteiger partial charge in [-0.1, -0.05) is 0 Å². The second-order valence-electron chi connectivity index (χ2n) is 5.39. The van der Waals surface area contributed by atoms with Crippen LogP contribution in [-0.2, 0) is 8.48 Å². The van der Waals surface area contributed by atoms with Gasteiger partial charge < -0.3 is 0 Å². The number of ether oxygens (including phenoxy) is 1. The molecule has 136 valence electrons. The number of fused-ring (bicyclic) bond motifs is 1. The minimum absolute atomic E-state index is 0.00202. The molecule has 0 bridgehead atoms. The molecular formula is C16H16AsN3O5S. The van der Waals surface area contributed by atoms with E-state index in [1.807, 2.05) is 0 Å². The number of hydrogen-bond acceptors (Lipinski definition) is 7. The van der Waals surface area contributed by atoms with Crippen LogP contribution in [0.3, 0.4) is 0 Å². The summed E-state index contributed by atoms with van der Waals surface area (Å²) in [6, 6.07) is 5.89. The topological polar surface area (TPSA) is 122 Å². The van der Waals surface area contributed by atoms with Crippen LogP contribution in [-0.4, -0.2) is 44.9 Å². The van der Waals surface area contributed by atoms with Gasteiger partial charge >= 0.3 is 149 Å². The molecule has 0 spiro atoms. The molecule has 26 heavy (non-hydrogen) atoms. The van der Waals surface area contributed by atoms with E-state index in [9.17, 15) is 16.7 Å². The van der Waals surface area contributed by atoms with Crippen molar-refractivity contribution in [1.82, 2.24) is 9.97 Å². The van der Waals surface area contributed by atoms with Crippen LogP contribution in [0.15, 0.2) is 30.6 Å². The first kappa shape index (κ1) is 18.6. The number of hydrogen-bond donors (Lipinski definition) is 3. The van der Waals surface area contributed by atoms with Crippen LogP contribution in [0.5, 0.6) is 0 Å². The average Bonchev–Trinajstić information content (AvgIpc) is 2.93. The molecular weight excluding hydrogens is 421 g/mol. The summed E-state index contributed by atoms with van der Waals surface area (Å²) in [7, 11) is 0. The molecule has 0 fully saturated rings. The van der Waals surface area contributed by atoms with Gasteiger partial charge in [0.1, 0.15) is 0 Å². The van der Waals surface area contributed by atoms with E-state index in [4.69, 9.17) is 4.74 Å². The molecule has 1 aromatic carbocycles. The van der Waals surface area contributed by atoms with Crippen LogP contribution >= 0.6 is 11.3 Å². The summed E-state index contributed by atoms with van der Waals surface area (Å²) in [6.07, 6.45) is 1.39. The van der Waals surface area contributed by atoms with Gasteiger partial charge in [-0.05, 0) is 6.92 Å². The maximum atomic E-state index is 12.1. The third kappa shape index (κ3) is 3.66. The number of nitrogens with zero attached hydrogens (tertiary/aromatic N) is 2. The van der Waals surface area contributed by atoms with E-state index in [0.29, 0.717) is 26.6 Å². The molecule has 0 unspecified atom stereocenters. The third-order valence-electron chi connectivity index (χ3n) is 3.65. The van der Waals surface area contributed by atoms with E-state index in [0.717, 1.165) is 5.56 Å². The van der Waals surface area contributed by atoms with E-state index in [1.165, 1.54) is 29.8 Å². The standard InChI is InChI=1S/C16H16AsN3O5S/c1-3-25-16(21)13-9(2)12-14(18-8-19-15(12)26-13)20-11-6-4-10(5-7-11)17(22,23)24/h4-8H,3H2,1-2H3,(H,18,19,20)(H2,22,23,24). The number of nitrogens with one attached hydrogen (secondary N) is 1. The molecule has 10 heteroatoms. The van der Waals surface area contributed by atoms with E-state index < -0.39 is 20.1 Å². The Labute approximate surface area is 155 Å². The molecule has 0 saturated heterocycles. The summed E-state index contributed by atoms with van der Waals surface area (Å²) in [5.74, 6) is 0.112. The predicted molar refractivity (Wildman–Crippen MR) is 98.3 cm³/mol. The quantitative estimate of drug-likeness (QED) is 0.406. The Bertz CT molecular complexity index is 1010. The van der Waals surface area contributed by atoms with Crippen molar-refractivity contribution in [3.05, 3.63) is 41.0 Å². The fraction of sp³-hybridized carbons (Fsp3) is 0.188. The van der Waals surface area contributed by atoms with Gasteiger partial charge in [0.2, 0.25) is 0 Å². The molecule has 2 aromatic heterocycles. The summed E-state index contributed by atoms with van der Waals surface area (Å²) >= 11 is -3.68. The van der Waals surface area contributed by atoms with Gasteiger partial charge in [-0.3, -0.25) is 0 Å². The van der Waals surface area contributed by atoms with Gasteiger partial charge in [0.25, 0.3) is 0 Å². The normalized spacial score (nSPS) is 11.5. The first-order chi connectivity index (χ1) is 12.3. The third-order valence-corrected chi connectivity index (χ3v) is 6.87. The van der Waals surface area contributed by atoms with Gasteiger partial charge in [0.05, 0.1) is 0 Å². The SMILES string of the molecule is CCOC(=O)c1sc2ncnc(Nc3ccc([As](=O)(O)O)cc3)c2c1C. The molecule has 8 nitrogen and oxygen atoms in total. The van der Waals surface area contributed by atoms with E-state index >= 15 is 0 Å². The number of thiophene rings is 1. The molecule has 0 radical (unpaired) electrons. The zero-order valence-electron chi connectivity index (χ0n) is 14.0. The van der Waals surface area contributed by atoms with Crippen LogP contribution in [0.4, 0.5) is 11.5 Å². The number of rotatable bonds is 5. The van der Waals surface area contributed by atoms with Crippen molar-refractivity contribution in [3.8, 4) is 0 Å². The molecule has 0 aliphatic rings. The van der Waals surface area contributed by atoms with E-state index in [-0.39, 0.29) is 11.0 Å². The molecule has 3 aromatic rings. The Kier molecular flexibility index (Phi) is 5.15. The molecule has 0 amide bonds. The van der Waals surface area contributed by atoms with Crippen LogP contribution in [0.2, 0.25) is 0 Å². The Balaban J connectivity index is 1.98. The maximum absolute atomic E-state index is 12.1. The molecule has 3 rings (SSSR count). The zero-order chi connectivity index (χ0) is 18.9. The molecule has 0 saturated carbocycles. The van der Waals surface area contributed by atoms with Crippen LogP contribution in [0, 0.1) is 6.92 Å². The summed E-state index contributed by atoms with van der Waals surface area (Å²) < 4.78 is 34.9. The molecule has 2 heterocycles. The number of aryl methyl sites for hydroxylation is 1. The Morgan fingerprint density at radius 1 is 1.27 bits per heavy atom. The van der Waals surface area contributed by atoms with Crippen molar-refractivity contribution in [2.24, 2.45) is 0 Å². The minimum atomic E-state index is -4.91. The van der Waals surface area contributed by atoms with Gasteiger partial charge in [-0.15, -0.1) is 0 Å². The van der Waals surface area contributed by atoms with Crippen molar-refractivity contribution in [3.63, 3.8) is 0 Å². The predicted octanol–water partition coefficient (Wildman–Crippen LogP) is 1.48. The summed E-state index contributed by atoms with van der Waals surface area (Å²) in [5, 5.41) is 3.82. The summed E-state index contributed by atoms with van der Waals surface area (Å²) in [6.45, 7) is 3.84. The zero-order valence-corrected chi connectivity index (χ0v) is 16.7. The Hall–Kier alpha value is -2.19. The fourth-order valence-corrected chi connectivity index (χ4v) is 4.60. The van der Waals surface area contributed by atoms with Crippen molar-refractivity contribution in [2.45, 2.75) is 13.8 Å². The summed E-state index contributed by atoms with van der Waals surface area (Å²) in [5.41, 5.74) is 1.34. The monoisotopic (exact) mass is 437 g/mol. The number of benzene rings is 1. The number of carbonyl (C=O) groups is 1. The van der Waals surface area contributed by atoms with Crippen molar-refractivity contribution < 1.29 is 21.5 Å². The van der Waals surface area contributed by atoms with Crippen molar-refractivity contribution >= 4 is 57.6 Å². The first-order valence-corrected chi connectivity index (χ1v) is 11.9. The average molecular weight is 437 g/mol. The molecule has 0 atom stereocenters. The molecule has 0 aliphatic heterocycles. The molecule has 0 aliphatic carbocycles. The second-order valence-corrected chi connectivity index (χ2v) is 9.76. The van der Waals surface area contributed by atoms with Crippen LogP contribution in [0.1, 0.15) is 22.2 Å². The molecule has 3 N–H and O–H groups in total.